The van der Waals surface area contributed by atoms with E-state index in [-0.39, 0.29) is 0 Å². The second-order valence-corrected chi connectivity index (χ2v) is 4.35. The van der Waals surface area contributed by atoms with Gasteiger partial charge in [-0.1, -0.05) is 41.1 Å². The highest BCUT2D eigenvalue weighted by Crippen LogP contribution is 2.18. The van der Waals surface area contributed by atoms with Gasteiger partial charge in [0.15, 0.2) is 0 Å². The molecule has 0 N–H and O–H groups in total. The van der Waals surface area contributed by atoms with E-state index in [1.807, 2.05) is 6.07 Å². The van der Waals surface area contributed by atoms with E-state index < -0.39 is 0 Å². The first-order chi connectivity index (χ1) is 7.38. The predicted octanol–water partition coefficient (Wildman–Crippen LogP) is 4.19. The Morgan fingerprint density at radius 1 is 1.13 bits per heavy atom. The van der Waals surface area contributed by atoms with Gasteiger partial charge in [-0.05, 0) is 37.3 Å². The number of alkyl halides is 1. The molecule has 0 unspecified atom stereocenters. The maximum absolute atomic E-state index is 5.76. The summed E-state index contributed by atoms with van der Waals surface area (Å²) in [5, 5.41) is 1.10. The van der Waals surface area contributed by atoms with Gasteiger partial charge in [0, 0.05) is 5.33 Å². The SMILES string of the molecule is CCc1ccccc1OCCCCCBr. The van der Waals surface area contributed by atoms with Crippen molar-refractivity contribution in [3.8, 4) is 5.75 Å². The lowest BCUT2D eigenvalue weighted by atomic mass is 10.1. The molecule has 0 aliphatic heterocycles. The number of hydrogen-bond donors (Lipinski definition) is 0. The van der Waals surface area contributed by atoms with Gasteiger partial charge in [-0.3, -0.25) is 0 Å². The van der Waals surface area contributed by atoms with Crippen LogP contribution in [0.3, 0.4) is 0 Å². The minimum absolute atomic E-state index is 0.837. The molecular formula is C13H19BrO. The molecule has 0 heterocycles. The largest absolute Gasteiger partial charge is 0.493 e. The van der Waals surface area contributed by atoms with Crippen LogP contribution in [0.4, 0.5) is 0 Å². The first kappa shape index (κ1) is 12.6. The van der Waals surface area contributed by atoms with E-state index in [9.17, 15) is 0 Å². The molecule has 0 aromatic heterocycles. The highest BCUT2D eigenvalue weighted by Gasteiger charge is 1.99. The summed E-state index contributed by atoms with van der Waals surface area (Å²) >= 11 is 3.43. The lowest BCUT2D eigenvalue weighted by molar-refractivity contribution is 0.303. The lowest BCUT2D eigenvalue weighted by Gasteiger charge is -2.09. The number of benzene rings is 1. The minimum atomic E-state index is 0.837. The summed E-state index contributed by atoms with van der Waals surface area (Å²) in [6.07, 6.45) is 4.65. The molecule has 0 spiro atoms. The molecule has 1 nitrogen and oxygen atoms in total. The maximum Gasteiger partial charge on any atom is 0.122 e. The van der Waals surface area contributed by atoms with Crippen LogP contribution in [0.2, 0.25) is 0 Å². The summed E-state index contributed by atoms with van der Waals surface area (Å²) in [6.45, 7) is 3.00. The quantitative estimate of drug-likeness (QED) is 0.533. The molecule has 0 atom stereocenters. The molecule has 0 fully saturated rings. The van der Waals surface area contributed by atoms with Crippen molar-refractivity contribution in [3.05, 3.63) is 29.8 Å². The minimum Gasteiger partial charge on any atom is -0.493 e. The van der Waals surface area contributed by atoms with Crippen molar-refractivity contribution >= 4 is 15.9 Å². The molecule has 1 rings (SSSR count). The van der Waals surface area contributed by atoms with Crippen molar-refractivity contribution in [2.75, 3.05) is 11.9 Å². The van der Waals surface area contributed by atoms with Gasteiger partial charge in [0.05, 0.1) is 6.61 Å². The summed E-state index contributed by atoms with van der Waals surface area (Å²) in [4.78, 5) is 0. The van der Waals surface area contributed by atoms with Crippen LogP contribution in [-0.2, 0) is 6.42 Å². The van der Waals surface area contributed by atoms with Crippen molar-refractivity contribution in [2.45, 2.75) is 32.6 Å². The number of hydrogen-bond acceptors (Lipinski definition) is 1. The molecule has 1 aromatic rings. The van der Waals surface area contributed by atoms with E-state index >= 15 is 0 Å². The van der Waals surface area contributed by atoms with E-state index in [1.54, 1.807) is 0 Å². The van der Waals surface area contributed by atoms with Gasteiger partial charge < -0.3 is 4.74 Å². The summed E-state index contributed by atoms with van der Waals surface area (Å²) in [5.74, 6) is 1.05. The third kappa shape index (κ3) is 4.70. The smallest absolute Gasteiger partial charge is 0.122 e. The highest BCUT2D eigenvalue weighted by molar-refractivity contribution is 9.09. The van der Waals surface area contributed by atoms with Crippen LogP contribution in [0.25, 0.3) is 0 Å². The van der Waals surface area contributed by atoms with Gasteiger partial charge in [-0.15, -0.1) is 0 Å². The number of aryl methyl sites for hydroxylation is 1. The van der Waals surface area contributed by atoms with Gasteiger partial charge in [0.25, 0.3) is 0 Å². The first-order valence-corrected chi connectivity index (χ1v) is 6.77. The van der Waals surface area contributed by atoms with Crippen LogP contribution in [0, 0.1) is 0 Å². The van der Waals surface area contributed by atoms with E-state index in [2.05, 4.69) is 41.1 Å². The zero-order valence-corrected chi connectivity index (χ0v) is 10.9. The van der Waals surface area contributed by atoms with Gasteiger partial charge in [0.1, 0.15) is 5.75 Å². The normalized spacial score (nSPS) is 10.3. The fourth-order valence-electron chi connectivity index (χ4n) is 1.49. The number of rotatable bonds is 7. The van der Waals surface area contributed by atoms with Gasteiger partial charge in [0.2, 0.25) is 0 Å². The fourth-order valence-corrected chi connectivity index (χ4v) is 1.89. The zero-order valence-electron chi connectivity index (χ0n) is 9.34. The standard InChI is InChI=1S/C13H19BrO/c1-2-12-8-4-5-9-13(12)15-11-7-3-6-10-14/h4-5,8-9H,2-3,6-7,10-11H2,1H3. The molecule has 0 aliphatic carbocycles. The van der Waals surface area contributed by atoms with E-state index in [0.717, 1.165) is 30.5 Å². The first-order valence-electron chi connectivity index (χ1n) is 5.65. The summed E-state index contributed by atoms with van der Waals surface area (Å²) in [6, 6.07) is 8.29. The van der Waals surface area contributed by atoms with Gasteiger partial charge in [-0.25, -0.2) is 0 Å². The molecule has 0 radical (unpaired) electrons. The van der Waals surface area contributed by atoms with Crippen LogP contribution in [0.5, 0.6) is 5.75 Å². The fraction of sp³-hybridized carbons (Fsp3) is 0.538. The molecule has 0 aliphatic rings. The van der Waals surface area contributed by atoms with E-state index in [1.165, 1.54) is 18.4 Å². The molecule has 0 saturated heterocycles. The maximum atomic E-state index is 5.76. The number of ether oxygens (including phenoxy) is 1. The van der Waals surface area contributed by atoms with Crippen LogP contribution in [0.15, 0.2) is 24.3 Å². The average Bonchev–Trinajstić information content (AvgIpc) is 2.29. The second-order valence-electron chi connectivity index (χ2n) is 3.56. The van der Waals surface area contributed by atoms with Crippen LogP contribution in [0.1, 0.15) is 31.7 Å². The topological polar surface area (TPSA) is 9.23 Å². The number of unbranched alkanes of at least 4 members (excludes halogenated alkanes) is 2. The molecular weight excluding hydrogens is 252 g/mol. The van der Waals surface area contributed by atoms with Crippen molar-refractivity contribution in [2.24, 2.45) is 0 Å². The predicted molar refractivity (Wildman–Crippen MR) is 69.0 cm³/mol. The van der Waals surface area contributed by atoms with E-state index in [0.29, 0.717) is 0 Å². The number of halogens is 1. The molecule has 0 saturated carbocycles. The Kier molecular flexibility index (Phi) is 6.49. The molecule has 0 bridgehead atoms. The Morgan fingerprint density at radius 2 is 1.93 bits per heavy atom. The molecule has 0 amide bonds. The third-order valence-electron chi connectivity index (χ3n) is 2.39. The molecule has 84 valence electrons. The lowest BCUT2D eigenvalue weighted by Crippen LogP contribution is -1.99. The molecule has 2 heteroatoms. The molecule has 15 heavy (non-hydrogen) atoms. The Bertz CT molecular complexity index is 273. The van der Waals surface area contributed by atoms with Crippen molar-refractivity contribution in [1.29, 1.82) is 0 Å². The third-order valence-corrected chi connectivity index (χ3v) is 2.95. The summed E-state index contributed by atoms with van der Waals surface area (Å²) in [5.41, 5.74) is 1.30. The molecule has 1 aromatic carbocycles. The van der Waals surface area contributed by atoms with Gasteiger partial charge in [-0.2, -0.15) is 0 Å². The monoisotopic (exact) mass is 270 g/mol. The highest BCUT2D eigenvalue weighted by atomic mass is 79.9. The Balaban J connectivity index is 2.30. The van der Waals surface area contributed by atoms with Crippen molar-refractivity contribution in [3.63, 3.8) is 0 Å². The second kappa shape index (κ2) is 7.75. The Hall–Kier alpha value is -0.500. The van der Waals surface area contributed by atoms with Crippen LogP contribution >= 0.6 is 15.9 Å². The van der Waals surface area contributed by atoms with E-state index in [4.69, 9.17) is 4.74 Å². The average molecular weight is 271 g/mol. The van der Waals surface area contributed by atoms with Crippen LogP contribution < -0.4 is 4.74 Å². The zero-order chi connectivity index (χ0) is 10.9. The number of para-hydroxylation sites is 1. The van der Waals surface area contributed by atoms with Gasteiger partial charge >= 0.3 is 0 Å². The van der Waals surface area contributed by atoms with Crippen molar-refractivity contribution in [1.82, 2.24) is 0 Å². The van der Waals surface area contributed by atoms with Crippen LogP contribution in [-0.4, -0.2) is 11.9 Å². The Labute approximate surface area is 101 Å². The Morgan fingerprint density at radius 3 is 2.67 bits per heavy atom. The summed E-state index contributed by atoms with van der Waals surface area (Å²) in [7, 11) is 0. The summed E-state index contributed by atoms with van der Waals surface area (Å²) < 4.78 is 5.76. The van der Waals surface area contributed by atoms with Crippen molar-refractivity contribution < 1.29 is 4.74 Å².